The largest absolute Gasteiger partial charge is 0.494 e. The Morgan fingerprint density at radius 2 is 2.29 bits per heavy atom. The molecule has 145 valence electrons. The van der Waals surface area contributed by atoms with E-state index in [2.05, 4.69) is 4.98 Å². The summed E-state index contributed by atoms with van der Waals surface area (Å²) in [5.74, 6) is -0.240. The molecular formula is C18H18BN2O5S2. The molecule has 2 aliphatic rings. The van der Waals surface area contributed by atoms with Gasteiger partial charge in [-0.1, -0.05) is 11.9 Å². The maximum atomic E-state index is 11.1. The van der Waals surface area contributed by atoms with Crippen LogP contribution >= 0.6 is 23.2 Å². The number of aliphatic hydroxyl groups is 1. The van der Waals surface area contributed by atoms with E-state index in [4.69, 9.17) is 10.3 Å². The van der Waals surface area contributed by atoms with E-state index in [-0.39, 0.29) is 18.4 Å². The fourth-order valence-electron chi connectivity index (χ4n) is 4.60. The molecule has 2 aliphatic heterocycles. The fraction of sp³-hybridized carbons (Fsp3) is 0.389. The van der Waals surface area contributed by atoms with E-state index in [0.717, 1.165) is 29.2 Å². The lowest BCUT2D eigenvalue weighted by molar-refractivity contribution is -0.107. The molecule has 4 heterocycles. The van der Waals surface area contributed by atoms with E-state index in [1.54, 1.807) is 18.5 Å². The number of aromatic nitrogens is 2. The second-order valence-electron chi connectivity index (χ2n) is 7.33. The summed E-state index contributed by atoms with van der Waals surface area (Å²) in [5.41, 5.74) is 2.03. The molecule has 28 heavy (non-hydrogen) atoms. The summed E-state index contributed by atoms with van der Waals surface area (Å²) in [6.07, 6.45) is -0.159. The Labute approximate surface area is 171 Å². The van der Waals surface area contributed by atoms with Crippen LogP contribution in [0.15, 0.2) is 23.7 Å². The van der Waals surface area contributed by atoms with E-state index in [9.17, 15) is 15.3 Å². The highest BCUT2D eigenvalue weighted by Gasteiger charge is 2.66. The van der Waals surface area contributed by atoms with Crippen LogP contribution in [0.2, 0.25) is 0 Å². The van der Waals surface area contributed by atoms with E-state index < -0.39 is 17.3 Å². The van der Waals surface area contributed by atoms with Gasteiger partial charge in [-0.25, -0.2) is 4.98 Å². The maximum absolute atomic E-state index is 11.1. The van der Waals surface area contributed by atoms with E-state index >= 15 is 0 Å². The molecule has 5 rings (SSSR count). The molecule has 2 bridgehead atoms. The number of aliphatic hydroxyl groups excluding tert-OH is 1. The van der Waals surface area contributed by atoms with Crippen molar-refractivity contribution in [3.63, 3.8) is 0 Å². The molecule has 3 aromatic rings. The summed E-state index contributed by atoms with van der Waals surface area (Å²) in [4.78, 5) is 4.26. The lowest BCUT2D eigenvalue weighted by atomic mass is 9.76. The quantitative estimate of drug-likeness (QED) is 0.321. The summed E-state index contributed by atoms with van der Waals surface area (Å²) in [7, 11) is 1.08. The van der Waals surface area contributed by atoms with Crippen LogP contribution in [0.5, 0.6) is 11.8 Å². The van der Waals surface area contributed by atoms with Crippen LogP contribution in [0.3, 0.4) is 0 Å². The van der Waals surface area contributed by atoms with Gasteiger partial charge in [-0.15, -0.1) is 11.3 Å². The van der Waals surface area contributed by atoms with Gasteiger partial charge in [-0.2, -0.15) is 0 Å². The van der Waals surface area contributed by atoms with Crippen molar-refractivity contribution in [3.8, 4) is 17.4 Å². The lowest BCUT2D eigenvalue weighted by Crippen LogP contribution is -2.33. The molecule has 2 unspecified atom stereocenters. The zero-order chi connectivity index (χ0) is 20.4. The first-order valence-electron chi connectivity index (χ1n) is 9.37. The predicted molar refractivity (Wildman–Crippen MR) is 108 cm³/mol. The smallest absolute Gasteiger partial charge is 0.209 e. The summed E-state index contributed by atoms with van der Waals surface area (Å²) in [6.45, 7) is 1.99. The van der Waals surface area contributed by atoms with Crippen LogP contribution in [-0.4, -0.2) is 46.0 Å². The van der Waals surface area contributed by atoms with Crippen molar-refractivity contribution in [1.29, 1.82) is 1.34 Å². The van der Waals surface area contributed by atoms with Gasteiger partial charge in [0.05, 0.1) is 45.3 Å². The fourth-order valence-corrected chi connectivity index (χ4v) is 5.49. The highest BCUT2D eigenvalue weighted by molar-refractivity contribution is 8.15. The van der Waals surface area contributed by atoms with Crippen molar-refractivity contribution in [2.75, 3.05) is 6.61 Å². The van der Waals surface area contributed by atoms with E-state index in [1.165, 1.54) is 15.9 Å². The molecular weight excluding hydrogens is 399 g/mol. The Morgan fingerprint density at radius 1 is 1.46 bits per heavy atom. The number of hydrogen-bond donors (Lipinski definition) is 3. The van der Waals surface area contributed by atoms with Gasteiger partial charge in [-0.3, -0.25) is 4.57 Å². The molecule has 1 saturated heterocycles. The van der Waals surface area contributed by atoms with Gasteiger partial charge in [0.2, 0.25) is 18.8 Å². The molecule has 0 saturated carbocycles. The zero-order valence-corrected chi connectivity index (χ0v) is 16.6. The molecule has 2 aromatic heterocycles. The minimum atomic E-state index is -1.12. The Hall–Kier alpha value is -1.72. The predicted octanol–water partition coefficient (Wildman–Crippen LogP) is 2.57. The van der Waals surface area contributed by atoms with Crippen LogP contribution in [-0.2, 0) is 20.1 Å². The monoisotopic (exact) mass is 419 g/mol. The van der Waals surface area contributed by atoms with Crippen LogP contribution in [0, 0.1) is 0 Å². The lowest BCUT2D eigenvalue weighted by Gasteiger charge is -2.26. The Balaban J connectivity index is 1.63. The van der Waals surface area contributed by atoms with Crippen LogP contribution in [0.4, 0.5) is 0 Å². The van der Waals surface area contributed by atoms with Crippen LogP contribution < -0.4 is 0 Å². The highest BCUT2D eigenvalue weighted by atomic mass is 32.2. The Kier molecular flexibility index (Phi) is 3.76. The number of hydrogen-bond acceptors (Lipinski definition) is 8. The van der Waals surface area contributed by atoms with Crippen LogP contribution in [0.1, 0.15) is 30.9 Å². The summed E-state index contributed by atoms with van der Waals surface area (Å²) < 4.78 is 20.9. The average Bonchev–Trinajstić information content (AvgIpc) is 3.38. The summed E-state index contributed by atoms with van der Waals surface area (Å²) in [6, 6.07) is 5.49. The molecule has 0 amide bonds. The van der Waals surface area contributed by atoms with Gasteiger partial charge < -0.3 is 24.2 Å². The molecule has 7 nitrogen and oxygen atoms in total. The number of benzene rings is 1. The van der Waals surface area contributed by atoms with E-state index in [0.29, 0.717) is 29.7 Å². The molecule has 3 atom stereocenters. The summed E-state index contributed by atoms with van der Waals surface area (Å²) in [5, 5.41) is 32.9. The van der Waals surface area contributed by atoms with Crippen molar-refractivity contribution in [2.24, 2.45) is 0 Å². The topological polar surface area (TPSA) is 97.0 Å². The van der Waals surface area contributed by atoms with Gasteiger partial charge in [0.25, 0.3) is 0 Å². The molecule has 1 radical (unpaired) electrons. The standard InChI is InChI=1S/C18H18BN2O5S2/c1-17-12(22)7-18(26-17,4-5-25-28-19)14-13(17)15(23)21(16(14)24)9-2-3-10-11(6-9)27-8-20-10/h2-3,6,8,12,19,22-24H,4-5,7H2,1H3/t12-,17?,18?/m0/s1/i19T. The second kappa shape index (κ2) is 6.14. The van der Waals surface area contributed by atoms with Crippen LogP contribution in [0.25, 0.3) is 15.9 Å². The highest BCUT2D eigenvalue weighted by Crippen LogP contribution is 2.65. The van der Waals surface area contributed by atoms with Gasteiger partial charge >= 0.3 is 0 Å². The normalized spacial score (nSPS) is 28.6. The van der Waals surface area contributed by atoms with Crippen molar-refractivity contribution in [2.45, 2.75) is 37.1 Å². The first-order chi connectivity index (χ1) is 13.9. The second-order valence-corrected chi connectivity index (χ2v) is 8.64. The third kappa shape index (κ3) is 2.26. The number of aromatic hydroxyl groups is 2. The minimum Gasteiger partial charge on any atom is -0.494 e. The van der Waals surface area contributed by atoms with Crippen molar-refractivity contribution in [3.05, 3.63) is 34.8 Å². The number of ether oxygens (including phenoxy) is 1. The van der Waals surface area contributed by atoms with Crippen molar-refractivity contribution >= 4 is 40.5 Å². The van der Waals surface area contributed by atoms with Crippen molar-refractivity contribution < 1.29 is 24.2 Å². The molecule has 10 heteroatoms. The third-order valence-corrected chi connectivity index (χ3v) is 6.96. The van der Waals surface area contributed by atoms with Gasteiger partial charge in [0.15, 0.2) is 0 Å². The first-order valence-corrected chi connectivity index (χ1v) is 10.5. The zero-order valence-electron chi connectivity index (χ0n) is 16.0. The van der Waals surface area contributed by atoms with Gasteiger partial charge in [0.1, 0.15) is 11.2 Å². The molecule has 0 aliphatic carbocycles. The Bertz CT molecular complexity index is 1110. The summed E-state index contributed by atoms with van der Waals surface area (Å²) >= 11 is 2.39. The number of nitrogens with zero attached hydrogens (tertiary/aromatic N) is 2. The average molecular weight is 419 g/mol. The first kappa shape index (κ1) is 17.2. The molecule has 3 N–H and O–H groups in total. The number of rotatable bonds is 6. The number of fused-ring (bicyclic) bond motifs is 6. The molecule has 1 fully saturated rings. The van der Waals surface area contributed by atoms with Gasteiger partial charge in [0, 0.05) is 12.8 Å². The maximum Gasteiger partial charge on any atom is 0.209 e. The Morgan fingerprint density at radius 3 is 3.11 bits per heavy atom. The number of thiazole rings is 1. The third-order valence-electron chi connectivity index (χ3n) is 5.87. The van der Waals surface area contributed by atoms with Gasteiger partial charge in [-0.05, 0) is 26.5 Å². The van der Waals surface area contributed by atoms with E-state index in [1.807, 2.05) is 12.1 Å². The molecule has 1 aromatic carbocycles. The SMILES string of the molecule is [3H][B]SOCCC12C[C@H](O)C(C)(O1)c1c2c(O)n(-c2ccc3ncsc3c2)c1O. The minimum absolute atomic E-state index is 0.100. The molecule has 0 spiro atoms. The van der Waals surface area contributed by atoms with Crippen molar-refractivity contribution in [1.82, 2.24) is 9.55 Å².